The monoisotopic (exact) mass is 1070 g/mol. The van der Waals surface area contributed by atoms with Crippen LogP contribution in [-0.2, 0) is 32.7 Å². The fraction of sp³-hybridized carbons (Fsp3) is 0.785. The number of phosphoric ester groups is 1. The second-order valence-corrected chi connectivity index (χ2v) is 23.5. The lowest BCUT2D eigenvalue weighted by molar-refractivity contribution is -0.870. The predicted molar refractivity (Wildman–Crippen MR) is 319 cm³/mol. The average Bonchev–Trinajstić information content (AvgIpc) is 3.37. The summed E-state index contributed by atoms with van der Waals surface area (Å²) in [6.45, 7) is 4.16. The maximum absolute atomic E-state index is 12.8. The smallest absolute Gasteiger partial charge is 0.306 e. The first kappa shape index (κ1) is 72.5. The topological polar surface area (TPSA) is 111 Å². The van der Waals surface area contributed by atoms with Gasteiger partial charge in [0.05, 0.1) is 27.7 Å². The van der Waals surface area contributed by atoms with E-state index in [0.29, 0.717) is 17.4 Å². The lowest BCUT2D eigenvalue weighted by Crippen LogP contribution is -2.37. The molecule has 75 heavy (non-hydrogen) atoms. The van der Waals surface area contributed by atoms with Gasteiger partial charge in [0.1, 0.15) is 19.8 Å². The van der Waals surface area contributed by atoms with Crippen LogP contribution in [0.15, 0.2) is 72.9 Å². The van der Waals surface area contributed by atoms with Crippen molar-refractivity contribution in [2.45, 2.75) is 283 Å². The summed E-state index contributed by atoms with van der Waals surface area (Å²) in [5, 5.41) is 0. The number of rotatable bonds is 57. The Labute approximate surface area is 463 Å². The number of allylic oxidation sites excluding steroid dienone is 12. The van der Waals surface area contributed by atoms with Crippen molar-refractivity contribution < 1.29 is 42.1 Å². The summed E-state index contributed by atoms with van der Waals surface area (Å²) >= 11 is 0. The van der Waals surface area contributed by atoms with Crippen LogP contribution in [0.3, 0.4) is 0 Å². The van der Waals surface area contributed by atoms with E-state index in [1.165, 1.54) is 167 Å². The number of unbranched alkanes of at least 4 members (excludes halogenated alkanes) is 31. The van der Waals surface area contributed by atoms with E-state index < -0.39 is 26.5 Å². The third-order valence-corrected chi connectivity index (χ3v) is 14.5. The van der Waals surface area contributed by atoms with Crippen molar-refractivity contribution in [3.63, 3.8) is 0 Å². The van der Waals surface area contributed by atoms with Gasteiger partial charge in [0, 0.05) is 12.8 Å². The highest BCUT2D eigenvalue weighted by Gasteiger charge is 2.22. The highest BCUT2D eigenvalue weighted by atomic mass is 31.2. The molecule has 0 radical (unpaired) electrons. The zero-order chi connectivity index (χ0) is 54.9. The number of ether oxygens (including phenoxy) is 2. The van der Waals surface area contributed by atoms with Crippen LogP contribution in [0.2, 0.25) is 0 Å². The molecule has 0 rings (SSSR count). The summed E-state index contributed by atoms with van der Waals surface area (Å²) < 4.78 is 34.2. The summed E-state index contributed by atoms with van der Waals surface area (Å²) in [6, 6.07) is 0. The minimum absolute atomic E-state index is 0.0303. The minimum atomic E-state index is -4.63. The Kier molecular flexibility index (Phi) is 54.3. The molecule has 0 aliphatic rings. The maximum Gasteiger partial charge on any atom is 0.306 e. The van der Waals surface area contributed by atoms with Crippen LogP contribution in [0.4, 0.5) is 0 Å². The van der Waals surface area contributed by atoms with Gasteiger partial charge in [-0.3, -0.25) is 14.2 Å². The molecule has 0 saturated heterocycles. The van der Waals surface area contributed by atoms with Crippen LogP contribution in [-0.4, -0.2) is 70.0 Å². The van der Waals surface area contributed by atoms with Crippen molar-refractivity contribution in [3.05, 3.63) is 72.9 Å². The van der Waals surface area contributed by atoms with Crippen LogP contribution in [0.25, 0.3) is 0 Å². The maximum atomic E-state index is 12.8. The summed E-state index contributed by atoms with van der Waals surface area (Å²) in [6.07, 6.45) is 73.9. The molecule has 0 bridgehead atoms. The van der Waals surface area contributed by atoms with E-state index in [1.807, 2.05) is 21.1 Å². The Hall–Kier alpha value is -2.55. The average molecular weight is 1070 g/mol. The second kappa shape index (κ2) is 56.2. The Morgan fingerprint density at radius 1 is 0.427 bits per heavy atom. The van der Waals surface area contributed by atoms with E-state index in [4.69, 9.17) is 18.5 Å². The van der Waals surface area contributed by atoms with Crippen molar-refractivity contribution in [1.29, 1.82) is 0 Å². The largest absolute Gasteiger partial charge is 0.756 e. The number of nitrogens with zero attached hydrogens (tertiary/aromatic N) is 1. The van der Waals surface area contributed by atoms with Crippen molar-refractivity contribution in [2.24, 2.45) is 0 Å². The van der Waals surface area contributed by atoms with Gasteiger partial charge in [-0.2, -0.15) is 0 Å². The summed E-state index contributed by atoms with van der Waals surface area (Å²) in [4.78, 5) is 37.9. The Balaban J connectivity index is 4.03. The van der Waals surface area contributed by atoms with Gasteiger partial charge in [0.15, 0.2) is 6.10 Å². The van der Waals surface area contributed by atoms with Crippen molar-refractivity contribution in [1.82, 2.24) is 0 Å². The van der Waals surface area contributed by atoms with Gasteiger partial charge in [-0.15, -0.1) is 0 Å². The molecule has 0 aliphatic carbocycles. The quantitative estimate of drug-likeness (QED) is 0.0195. The molecule has 0 amide bonds. The molecule has 0 aromatic rings. The van der Waals surface area contributed by atoms with Crippen molar-refractivity contribution in [3.8, 4) is 0 Å². The van der Waals surface area contributed by atoms with E-state index in [1.54, 1.807) is 0 Å². The molecule has 2 unspecified atom stereocenters. The van der Waals surface area contributed by atoms with Crippen LogP contribution in [0.1, 0.15) is 277 Å². The van der Waals surface area contributed by atoms with E-state index in [-0.39, 0.29) is 32.0 Å². The highest BCUT2D eigenvalue weighted by Crippen LogP contribution is 2.38. The second-order valence-electron chi connectivity index (χ2n) is 22.0. The van der Waals surface area contributed by atoms with Crippen LogP contribution < -0.4 is 4.89 Å². The van der Waals surface area contributed by atoms with Crippen LogP contribution in [0.5, 0.6) is 0 Å². The molecule has 0 heterocycles. The summed E-state index contributed by atoms with van der Waals surface area (Å²) in [5.74, 6) is -0.822. The Bertz CT molecular complexity index is 1500. The third kappa shape index (κ3) is 60.5. The van der Waals surface area contributed by atoms with Crippen LogP contribution in [0, 0.1) is 0 Å². The van der Waals surface area contributed by atoms with Crippen molar-refractivity contribution >= 4 is 19.8 Å². The lowest BCUT2D eigenvalue weighted by Gasteiger charge is -2.28. The summed E-state index contributed by atoms with van der Waals surface area (Å²) in [7, 11) is 1.17. The summed E-state index contributed by atoms with van der Waals surface area (Å²) in [5.41, 5.74) is 0. The van der Waals surface area contributed by atoms with Gasteiger partial charge in [-0.05, 0) is 64.2 Å². The molecular weight excluding hydrogens is 954 g/mol. The number of likely N-dealkylation sites (N-methyl/N-ethyl adjacent to an activating group) is 1. The minimum Gasteiger partial charge on any atom is -0.756 e. The third-order valence-electron chi connectivity index (χ3n) is 13.5. The number of hydrogen-bond acceptors (Lipinski definition) is 8. The van der Waals surface area contributed by atoms with Gasteiger partial charge >= 0.3 is 11.9 Å². The molecule has 0 saturated carbocycles. The van der Waals surface area contributed by atoms with Crippen molar-refractivity contribution in [2.75, 3.05) is 47.5 Å². The number of phosphoric acid groups is 1. The first-order valence-corrected chi connectivity index (χ1v) is 32.6. The number of esters is 2. The molecule has 2 atom stereocenters. The fourth-order valence-corrected chi connectivity index (χ4v) is 9.45. The van der Waals surface area contributed by atoms with Crippen LogP contribution >= 0.6 is 7.82 Å². The first-order chi connectivity index (χ1) is 36.5. The first-order valence-electron chi connectivity index (χ1n) is 31.1. The van der Waals surface area contributed by atoms with Gasteiger partial charge in [0.2, 0.25) is 0 Å². The molecule has 0 aromatic carbocycles. The number of hydrogen-bond donors (Lipinski definition) is 0. The van der Waals surface area contributed by atoms with Gasteiger partial charge in [-0.1, -0.05) is 273 Å². The lowest BCUT2D eigenvalue weighted by atomic mass is 10.0. The van der Waals surface area contributed by atoms with E-state index >= 15 is 0 Å². The molecule has 0 spiro atoms. The number of quaternary nitrogens is 1. The SMILES string of the molecule is CC/C=C\C/C=C\C/C=C\C/C=C\C/C=C\C/C=C\CCCCCCCCCCCCCCCCCCC(=O)OC(COC(=O)CCCCCCCCCCCCCCCCCC)COP(=O)([O-])OCC[N+](C)(C)C. The normalized spacial score (nSPS) is 13.7. The zero-order valence-electron chi connectivity index (χ0n) is 49.5. The highest BCUT2D eigenvalue weighted by molar-refractivity contribution is 7.45. The molecular formula is C65H118NO8P. The van der Waals surface area contributed by atoms with E-state index in [9.17, 15) is 19.0 Å². The van der Waals surface area contributed by atoms with Gasteiger partial charge < -0.3 is 27.9 Å². The molecule has 10 heteroatoms. The molecule has 436 valence electrons. The molecule has 0 aliphatic heterocycles. The Morgan fingerprint density at radius 2 is 0.760 bits per heavy atom. The Morgan fingerprint density at radius 3 is 1.13 bits per heavy atom. The molecule has 0 N–H and O–H groups in total. The molecule has 0 fully saturated rings. The van der Waals surface area contributed by atoms with Gasteiger partial charge in [-0.25, -0.2) is 0 Å². The zero-order valence-corrected chi connectivity index (χ0v) is 50.4. The molecule has 0 aromatic heterocycles. The van der Waals surface area contributed by atoms with E-state index in [0.717, 1.165) is 77.0 Å². The fourth-order valence-electron chi connectivity index (χ4n) is 8.72. The molecule has 9 nitrogen and oxygen atoms in total. The number of carbonyl (C=O) groups excluding carboxylic acids is 2. The standard InChI is InChI=1S/C65H118NO8P/c1-6-8-10-12-14-16-18-20-22-24-25-26-27-28-29-30-31-32-33-34-35-36-37-38-39-40-41-42-44-46-48-50-52-54-56-58-65(68)74-63(62-73-75(69,70)72-60-59-66(3,4)5)61-71-64(67)57-55-53-51-49-47-45-43-23-21-19-17-15-13-11-9-7-2/h8,10,14,16,20,22,25-26,28-29,31-32,63H,6-7,9,11-13,15,17-19,21,23-24,27,30,33-62H2,1-5H3/b10-8-,16-14-,22-20-,26-25-,29-28-,32-31-. The van der Waals surface area contributed by atoms with E-state index in [2.05, 4.69) is 86.8 Å². The predicted octanol–water partition coefficient (Wildman–Crippen LogP) is 19.0. The number of carbonyl (C=O) groups is 2. The van der Waals surface area contributed by atoms with Gasteiger partial charge in [0.25, 0.3) is 7.82 Å².